The number of ketones is 2. The molecule has 0 N–H and O–H groups in total. The molecule has 0 heterocycles. The van der Waals surface area contributed by atoms with E-state index in [0.29, 0.717) is 34.1 Å². The van der Waals surface area contributed by atoms with Gasteiger partial charge in [-0.2, -0.15) is 0 Å². The number of halogens is 1. The van der Waals surface area contributed by atoms with Gasteiger partial charge < -0.3 is 9.47 Å². The molecule has 4 nitrogen and oxygen atoms in total. The molecule has 0 amide bonds. The molecule has 0 aliphatic heterocycles. The Bertz CT molecular complexity index is 857. The lowest BCUT2D eigenvalue weighted by Gasteiger charge is -2.14. The van der Waals surface area contributed by atoms with Gasteiger partial charge in [-0.3, -0.25) is 9.59 Å². The van der Waals surface area contributed by atoms with Gasteiger partial charge in [0.2, 0.25) is 0 Å². The number of carbonyl (C=O) groups excluding carboxylic acids is 2. The fourth-order valence-corrected chi connectivity index (χ4v) is 3.56. The number of methoxy groups -OCH3 is 1. The molecule has 1 aliphatic rings. The normalized spacial score (nSPS) is 15.8. The first-order valence-corrected chi connectivity index (χ1v) is 8.46. The molecule has 1 unspecified atom stereocenters. The average Bonchev–Trinajstić information content (AvgIpc) is 2.89. The Labute approximate surface area is 151 Å². The van der Waals surface area contributed by atoms with E-state index in [1.54, 1.807) is 37.4 Å². The third-order valence-corrected chi connectivity index (χ3v) is 4.82. The molecule has 25 heavy (non-hydrogen) atoms. The zero-order chi connectivity index (χ0) is 18.1. The van der Waals surface area contributed by atoms with E-state index in [-0.39, 0.29) is 24.1 Å². The standard InChI is InChI=1S/C20H19ClO4/c1-11-8-16(23)20-18(7-5-15(21)19(11)20)25-10-14-9-13(12(2)22)4-6-17(14)24-3/h4-7,9,11H,8,10H2,1-3H3. The molecule has 0 fully saturated rings. The van der Waals surface area contributed by atoms with Crippen molar-refractivity contribution in [1.82, 2.24) is 0 Å². The molecule has 0 aromatic heterocycles. The van der Waals surface area contributed by atoms with Crippen LogP contribution in [0.2, 0.25) is 5.02 Å². The lowest BCUT2D eigenvalue weighted by molar-refractivity contribution is 0.0984. The molecule has 2 aromatic carbocycles. The highest BCUT2D eigenvalue weighted by atomic mass is 35.5. The van der Waals surface area contributed by atoms with Gasteiger partial charge in [-0.15, -0.1) is 0 Å². The van der Waals surface area contributed by atoms with Crippen LogP contribution in [0.5, 0.6) is 11.5 Å². The molecular formula is C20H19ClO4. The van der Waals surface area contributed by atoms with Gasteiger partial charge in [-0.05, 0) is 48.7 Å². The van der Waals surface area contributed by atoms with E-state index in [1.165, 1.54) is 6.92 Å². The Kier molecular flexibility index (Phi) is 4.82. The highest BCUT2D eigenvalue weighted by molar-refractivity contribution is 6.32. The van der Waals surface area contributed by atoms with Crippen LogP contribution in [-0.4, -0.2) is 18.7 Å². The minimum absolute atomic E-state index is 0.0275. The van der Waals surface area contributed by atoms with E-state index in [0.717, 1.165) is 11.1 Å². The van der Waals surface area contributed by atoms with Gasteiger partial charge in [0, 0.05) is 22.6 Å². The van der Waals surface area contributed by atoms with Crippen molar-refractivity contribution in [2.24, 2.45) is 0 Å². The highest BCUT2D eigenvalue weighted by Gasteiger charge is 2.31. The Balaban J connectivity index is 1.92. The number of hydrogen-bond donors (Lipinski definition) is 0. The minimum Gasteiger partial charge on any atom is -0.496 e. The minimum atomic E-state index is -0.0275. The van der Waals surface area contributed by atoms with Crippen LogP contribution in [0.4, 0.5) is 0 Å². The van der Waals surface area contributed by atoms with Crippen molar-refractivity contribution in [3.05, 3.63) is 57.6 Å². The van der Waals surface area contributed by atoms with Crippen LogP contribution in [0.3, 0.4) is 0 Å². The SMILES string of the molecule is COc1ccc(C(C)=O)cc1COc1ccc(Cl)c2c1C(=O)CC2C. The van der Waals surface area contributed by atoms with E-state index in [9.17, 15) is 9.59 Å². The monoisotopic (exact) mass is 358 g/mol. The van der Waals surface area contributed by atoms with Gasteiger partial charge in [0.15, 0.2) is 11.6 Å². The summed E-state index contributed by atoms with van der Waals surface area (Å²) in [6.07, 6.45) is 0.443. The number of hydrogen-bond acceptors (Lipinski definition) is 4. The molecular weight excluding hydrogens is 340 g/mol. The van der Waals surface area contributed by atoms with Gasteiger partial charge in [0.05, 0.1) is 12.7 Å². The van der Waals surface area contributed by atoms with Gasteiger partial charge in [-0.25, -0.2) is 0 Å². The van der Waals surface area contributed by atoms with E-state index in [1.807, 2.05) is 6.92 Å². The van der Waals surface area contributed by atoms with Crippen LogP contribution in [0.15, 0.2) is 30.3 Å². The average molecular weight is 359 g/mol. The molecule has 0 saturated carbocycles. The number of benzene rings is 2. The molecule has 1 aliphatic carbocycles. The smallest absolute Gasteiger partial charge is 0.167 e. The Morgan fingerprint density at radius 3 is 2.64 bits per heavy atom. The first-order valence-electron chi connectivity index (χ1n) is 8.08. The maximum Gasteiger partial charge on any atom is 0.167 e. The number of carbonyl (C=O) groups is 2. The lowest BCUT2D eigenvalue weighted by atomic mass is 10.0. The van der Waals surface area contributed by atoms with Gasteiger partial charge in [-0.1, -0.05) is 18.5 Å². The van der Waals surface area contributed by atoms with Crippen molar-refractivity contribution in [2.75, 3.05) is 7.11 Å². The summed E-state index contributed by atoms with van der Waals surface area (Å²) >= 11 is 6.26. The Morgan fingerprint density at radius 1 is 1.24 bits per heavy atom. The zero-order valence-corrected chi connectivity index (χ0v) is 15.1. The quantitative estimate of drug-likeness (QED) is 0.719. The van der Waals surface area contributed by atoms with Crippen LogP contribution in [0.1, 0.15) is 58.0 Å². The predicted molar refractivity (Wildman–Crippen MR) is 96.1 cm³/mol. The second-order valence-electron chi connectivity index (χ2n) is 6.23. The van der Waals surface area contributed by atoms with Crippen molar-refractivity contribution in [3.63, 3.8) is 0 Å². The molecule has 0 bridgehead atoms. The summed E-state index contributed by atoms with van der Waals surface area (Å²) in [5, 5.41) is 0.594. The van der Waals surface area contributed by atoms with Crippen LogP contribution in [0.25, 0.3) is 0 Å². The number of ether oxygens (including phenoxy) is 2. The second-order valence-corrected chi connectivity index (χ2v) is 6.64. The lowest BCUT2D eigenvalue weighted by Crippen LogP contribution is -2.04. The fourth-order valence-electron chi connectivity index (χ4n) is 3.21. The van der Waals surface area contributed by atoms with Crippen molar-refractivity contribution < 1.29 is 19.1 Å². The molecule has 0 spiro atoms. The molecule has 3 rings (SSSR count). The Hall–Kier alpha value is -2.33. The summed E-state index contributed by atoms with van der Waals surface area (Å²) in [6, 6.07) is 8.69. The summed E-state index contributed by atoms with van der Waals surface area (Å²) in [7, 11) is 1.57. The predicted octanol–water partition coefficient (Wildman–Crippen LogP) is 4.82. The largest absolute Gasteiger partial charge is 0.496 e. The maximum absolute atomic E-state index is 12.3. The maximum atomic E-state index is 12.3. The van der Waals surface area contributed by atoms with Crippen molar-refractivity contribution in [2.45, 2.75) is 32.8 Å². The number of Topliss-reactive ketones (excluding diaryl/α,β-unsaturated/α-hetero) is 2. The molecule has 2 aromatic rings. The Morgan fingerprint density at radius 2 is 1.96 bits per heavy atom. The second kappa shape index (κ2) is 6.89. The van der Waals surface area contributed by atoms with Crippen LogP contribution in [-0.2, 0) is 6.61 Å². The van der Waals surface area contributed by atoms with Gasteiger partial charge in [0.1, 0.15) is 18.1 Å². The first-order chi connectivity index (χ1) is 11.9. The summed E-state index contributed by atoms with van der Waals surface area (Å²) in [6.45, 7) is 3.69. The van der Waals surface area contributed by atoms with Gasteiger partial charge >= 0.3 is 0 Å². The van der Waals surface area contributed by atoms with Crippen LogP contribution >= 0.6 is 11.6 Å². The van der Waals surface area contributed by atoms with E-state index in [4.69, 9.17) is 21.1 Å². The van der Waals surface area contributed by atoms with Crippen molar-refractivity contribution in [1.29, 1.82) is 0 Å². The highest BCUT2D eigenvalue weighted by Crippen LogP contribution is 2.42. The molecule has 5 heteroatoms. The number of rotatable bonds is 5. The topological polar surface area (TPSA) is 52.6 Å². The third kappa shape index (κ3) is 3.27. The fraction of sp³-hybridized carbons (Fsp3) is 0.300. The zero-order valence-electron chi connectivity index (χ0n) is 14.4. The summed E-state index contributed by atoms with van der Waals surface area (Å²) in [4.78, 5) is 23.9. The van der Waals surface area contributed by atoms with Gasteiger partial charge in [0.25, 0.3) is 0 Å². The van der Waals surface area contributed by atoms with Crippen LogP contribution < -0.4 is 9.47 Å². The van der Waals surface area contributed by atoms with E-state index in [2.05, 4.69) is 0 Å². The van der Waals surface area contributed by atoms with E-state index >= 15 is 0 Å². The molecule has 1 atom stereocenters. The summed E-state index contributed by atoms with van der Waals surface area (Å²) < 4.78 is 11.3. The number of fused-ring (bicyclic) bond motifs is 1. The third-order valence-electron chi connectivity index (χ3n) is 4.49. The molecule has 0 radical (unpaired) electrons. The molecule has 0 saturated heterocycles. The molecule has 130 valence electrons. The first kappa shape index (κ1) is 17.5. The van der Waals surface area contributed by atoms with Crippen molar-refractivity contribution >= 4 is 23.2 Å². The van der Waals surface area contributed by atoms with Crippen LogP contribution in [0, 0.1) is 0 Å². The van der Waals surface area contributed by atoms with E-state index < -0.39 is 0 Å². The summed E-state index contributed by atoms with van der Waals surface area (Å²) in [5.74, 6) is 1.26. The van der Waals surface area contributed by atoms with Crippen molar-refractivity contribution in [3.8, 4) is 11.5 Å². The summed E-state index contributed by atoms with van der Waals surface area (Å²) in [5.41, 5.74) is 2.76.